The number of benzene rings is 2. The quantitative estimate of drug-likeness (QED) is 0.327. The molecule has 0 spiro atoms. The molecule has 5 nitrogen and oxygen atoms in total. The minimum Gasteiger partial charge on any atom is -0.465 e. The van der Waals surface area contributed by atoms with Gasteiger partial charge < -0.3 is 14.5 Å². The van der Waals surface area contributed by atoms with Gasteiger partial charge in [0.25, 0.3) is 14.2 Å². The van der Waals surface area contributed by atoms with E-state index in [0.717, 1.165) is 10.4 Å². The van der Waals surface area contributed by atoms with Crippen LogP contribution in [-0.2, 0) is 14.0 Å². The molecule has 174 valence electrons. The third-order valence-corrected chi connectivity index (χ3v) is 12.4. The molecule has 33 heavy (non-hydrogen) atoms. The fraction of sp³-hybridized carbons (Fsp3) is 0.280. The number of thiophene rings is 1. The number of carbonyl (C=O) groups excluding carboxylic acids is 2. The predicted molar refractivity (Wildman–Crippen MR) is 140 cm³/mol. The van der Waals surface area contributed by atoms with Gasteiger partial charge >= 0.3 is 5.97 Å². The zero-order valence-electron chi connectivity index (χ0n) is 19.3. The van der Waals surface area contributed by atoms with Crippen molar-refractivity contribution in [1.82, 2.24) is 0 Å². The molecule has 0 aliphatic rings. The fourth-order valence-electron chi connectivity index (χ4n) is 3.94. The number of anilines is 1. The van der Waals surface area contributed by atoms with Crippen LogP contribution in [0.4, 0.5) is 5.00 Å². The van der Waals surface area contributed by atoms with Crippen molar-refractivity contribution >= 4 is 62.8 Å². The Morgan fingerprint density at radius 3 is 1.97 bits per heavy atom. The molecule has 0 fully saturated rings. The largest absolute Gasteiger partial charge is 0.465 e. The number of hydrogen-bond acceptors (Lipinski definition) is 5. The smallest absolute Gasteiger partial charge is 0.342 e. The second kappa shape index (κ2) is 10.3. The Morgan fingerprint density at radius 1 is 1.00 bits per heavy atom. The van der Waals surface area contributed by atoms with Crippen LogP contribution in [0.15, 0.2) is 70.5 Å². The maximum atomic E-state index is 13.3. The van der Waals surface area contributed by atoms with Crippen LogP contribution < -0.4 is 15.7 Å². The summed E-state index contributed by atoms with van der Waals surface area (Å²) >= 11 is 4.61. The molecule has 1 heterocycles. The maximum absolute atomic E-state index is 13.3. The zero-order valence-corrected chi connectivity index (χ0v) is 22.7. The summed E-state index contributed by atoms with van der Waals surface area (Å²) in [5.41, 5.74) is 0.300. The van der Waals surface area contributed by atoms with Crippen LogP contribution in [-0.4, -0.2) is 33.4 Å². The molecule has 2 aromatic carbocycles. The van der Waals surface area contributed by atoms with Crippen molar-refractivity contribution in [1.29, 1.82) is 0 Å². The van der Waals surface area contributed by atoms with Gasteiger partial charge in [-0.1, -0.05) is 81.4 Å². The van der Waals surface area contributed by atoms with Gasteiger partial charge in [-0.2, -0.15) is 0 Å². The van der Waals surface area contributed by atoms with Gasteiger partial charge in [-0.25, -0.2) is 4.79 Å². The highest BCUT2D eigenvalue weighted by Crippen LogP contribution is 2.38. The normalized spacial score (nSPS) is 12.8. The van der Waals surface area contributed by atoms with Crippen LogP contribution in [0.3, 0.4) is 0 Å². The number of esters is 1. The summed E-state index contributed by atoms with van der Waals surface area (Å²) in [5.74, 6) is -0.832. The highest BCUT2D eigenvalue weighted by atomic mass is 79.9. The van der Waals surface area contributed by atoms with Gasteiger partial charge in [-0.15, -0.1) is 11.3 Å². The van der Waals surface area contributed by atoms with Crippen LogP contribution in [0.5, 0.6) is 0 Å². The Kier molecular flexibility index (Phi) is 7.95. The van der Waals surface area contributed by atoms with Crippen molar-refractivity contribution in [3.63, 3.8) is 0 Å². The van der Waals surface area contributed by atoms with Crippen LogP contribution in [0.25, 0.3) is 0 Å². The Labute approximate surface area is 208 Å². The summed E-state index contributed by atoms with van der Waals surface area (Å²) in [6.07, 6.45) is -0.761. The minimum atomic E-state index is -2.89. The van der Waals surface area contributed by atoms with E-state index in [1.165, 1.54) is 18.4 Å². The van der Waals surface area contributed by atoms with E-state index in [-0.39, 0.29) is 10.9 Å². The first kappa shape index (κ1) is 25.4. The molecule has 8 heteroatoms. The summed E-state index contributed by atoms with van der Waals surface area (Å²) < 4.78 is 12.3. The number of amides is 1. The van der Waals surface area contributed by atoms with Crippen molar-refractivity contribution in [3.8, 4) is 0 Å². The fourth-order valence-corrected chi connectivity index (χ4v) is 10.2. The summed E-state index contributed by atoms with van der Waals surface area (Å²) in [7, 11) is -1.58. The molecule has 1 amide bonds. The van der Waals surface area contributed by atoms with Crippen LogP contribution in [0.1, 0.15) is 38.1 Å². The Hall–Kier alpha value is -2.26. The lowest BCUT2D eigenvalue weighted by Gasteiger charge is -2.44. The molecule has 0 bridgehead atoms. The van der Waals surface area contributed by atoms with E-state index in [1.54, 1.807) is 12.3 Å². The monoisotopic (exact) mass is 545 g/mol. The molecule has 1 atom stereocenters. The number of methoxy groups -OCH3 is 1. The lowest BCUT2D eigenvalue weighted by Crippen LogP contribution is -2.68. The van der Waals surface area contributed by atoms with Crippen LogP contribution in [0, 0.1) is 0 Å². The molecule has 0 unspecified atom stereocenters. The first-order valence-electron chi connectivity index (χ1n) is 10.6. The SMILES string of the molecule is COC(=O)c1c(Br)csc1NC(=O)[C@H](C)O[Si](c1ccccc1)(c1ccccc1)C(C)(C)C. The van der Waals surface area contributed by atoms with Crippen molar-refractivity contribution in [2.75, 3.05) is 12.4 Å². The van der Waals surface area contributed by atoms with E-state index < -0.39 is 20.4 Å². The summed E-state index contributed by atoms with van der Waals surface area (Å²) in [5, 5.41) is 6.98. The average Bonchev–Trinajstić information content (AvgIpc) is 3.16. The van der Waals surface area contributed by atoms with E-state index in [0.29, 0.717) is 15.0 Å². The second-order valence-electron chi connectivity index (χ2n) is 8.69. The molecule has 0 aliphatic heterocycles. The van der Waals surface area contributed by atoms with Crippen LogP contribution in [0.2, 0.25) is 5.04 Å². The van der Waals surface area contributed by atoms with Gasteiger partial charge in [0.15, 0.2) is 0 Å². The standard InChI is InChI=1S/C25H28BrNO4SSi/c1-17(22(28)27-23-21(24(29)30-5)20(26)16-32-23)31-33(25(2,3)4,18-12-8-6-9-13-18)19-14-10-7-11-15-19/h6-17H,1-5H3,(H,27,28)/t17-/m0/s1. The van der Waals surface area contributed by atoms with Crippen LogP contribution >= 0.6 is 27.3 Å². The molecular weight excluding hydrogens is 518 g/mol. The number of nitrogens with one attached hydrogen (secondary N) is 1. The number of halogens is 1. The first-order chi connectivity index (χ1) is 15.6. The van der Waals surface area contributed by atoms with E-state index in [4.69, 9.17) is 9.16 Å². The summed E-state index contributed by atoms with van der Waals surface area (Å²) in [4.78, 5) is 25.5. The lowest BCUT2D eigenvalue weighted by molar-refractivity contribution is -0.122. The van der Waals surface area contributed by atoms with E-state index in [2.05, 4.69) is 66.3 Å². The van der Waals surface area contributed by atoms with Gasteiger partial charge in [0.2, 0.25) is 0 Å². The molecule has 0 saturated heterocycles. The Morgan fingerprint density at radius 2 is 1.52 bits per heavy atom. The van der Waals surface area contributed by atoms with E-state index in [1.807, 2.05) is 36.4 Å². The maximum Gasteiger partial charge on any atom is 0.342 e. The molecule has 1 aromatic heterocycles. The van der Waals surface area contributed by atoms with Gasteiger partial charge in [0.05, 0.1) is 7.11 Å². The molecule has 0 saturated carbocycles. The number of hydrogen-bond donors (Lipinski definition) is 1. The van der Waals surface area contributed by atoms with Crippen molar-refractivity contribution < 1.29 is 18.8 Å². The van der Waals surface area contributed by atoms with Gasteiger partial charge in [0, 0.05) is 9.85 Å². The number of carbonyl (C=O) groups is 2. The van der Waals surface area contributed by atoms with Gasteiger partial charge in [0.1, 0.15) is 16.7 Å². The van der Waals surface area contributed by atoms with E-state index >= 15 is 0 Å². The Balaban J connectivity index is 2.01. The Bertz CT molecular complexity index is 1070. The molecular formula is C25H28BrNO4SSi. The number of ether oxygens (including phenoxy) is 1. The highest BCUT2D eigenvalue weighted by Gasteiger charge is 2.51. The first-order valence-corrected chi connectivity index (χ1v) is 14.1. The summed E-state index contributed by atoms with van der Waals surface area (Å²) in [6, 6.07) is 20.3. The highest BCUT2D eigenvalue weighted by molar-refractivity contribution is 9.10. The van der Waals surface area contributed by atoms with Crippen molar-refractivity contribution in [2.45, 2.75) is 38.8 Å². The molecule has 1 N–H and O–H groups in total. The predicted octanol–water partition coefficient (Wildman–Crippen LogP) is 5.20. The molecule has 3 aromatic rings. The van der Waals surface area contributed by atoms with E-state index in [9.17, 15) is 9.59 Å². The minimum absolute atomic E-state index is 0.257. The van der Waals surface area contributed by atoms with Crippen molar-refractivity contribution in [3.05, 3.63) is 76.1 Å². The zero-order chi connectivity index (χ0) is 24.2. The third kappa shape index (κ3) is 5.14. The van der Waals surface area contributed by atoms with Gasteiger partial charge in [-0.05, 0) is 38.3 Å². The topological polar surface area (TPSA) is 64.6 Å². The van der Waals surface area contributed by atoms with Crippen molar-refractivity contribution in [2.24, 2.45) is 0 Å². The lowest BCUT2D eigenvalue weighted by atomic mass is 10.2. The second-order valence-corrected chi connectivity index (χ2v) is 14.7. The van der Waals surface area contributed by atoms with Gasteiger partial charge in [-0.3, -0.25) is 4.79 Å². The molecule has 0 radical (unpaired) electrons. The molecule has 3 rings (SSSR count). The summed E-state index contributed by atoms with van der Waals surface area (Å²) in [6.45, 7) is 8.25. The molecule has 0 aliphatic carbocycles. The number of rotatable bonds is 7. The third-order valence-electron chi connectivity index (χ3n) is 5.51. The average molecular weight is 547 g/mol.